The van der Waals surface area contributed by atoms with Crippen LogP contribution in [0.1, 0.15) is 39.0 Å². The Balaban J connectivity index is 1.80. The second kappa shape index (κ2) is 13.1. The zero-order valence-corrected chi connectivity index (χ0v) is 22.5. The Kier molecular flexibility index (Phi) is 9.83. The number of aliphatic carboxylic acids is 1. The molecule has 0 aliphatic heterocycles. The quantitative estimate of drug-likeness (QED) is 0.167. The third kappa shape index (κ3) is 7.66. The van der Waals surface area contributed by atoms with E-state index in [1.165, 1.54) is 12.5 Å². The van der Waals surface area contributed by atoms with E-state index in [9.17, 15) is 24.3 Å². The highest BCUT2D eigenvalue weighted by Gasteiger charge is 2.33. The topological polar surface area (TPSA) is 195 Å². The molecular formula is C27H37N7O5. The molecule has 210 valence electrons. The van der Waals surface area contributed by atoms with E-state index in [1.54, 1.807) is 33.9 Å². The number of carboxylic acids is 1. The minimum atomic E-state index is -1.23. The molecule has 0 aliphatic carbocycles. The summed E-state index contributed by atoms with van der Waals surface area (Å²) in [5.74, 6) is -3.48. The Morgan fingerprint density at radius 1 is 0.897 bits per heavy atom. The Hall–Kier alpha value is -4.19. The molecule has 0 fully saturated rings. The van der Waals surface area contributed by atoms with E-state index in [0.29, 0.717) is 5.69 Å². The van der Waals surface area contributed by atoms with Crippen molar-refractivity contribution in [2.75, 3.05) is 0 Å². The van der Waals surface area contributed by atoms with Crippen LogP contribution in [0, 0.1) is 11.8 Å². The number of carbonyl (C=O) groups is 4. The van der Waals surface area contributed by atoms with E-state index in [1.807, 2.05) is 24.3 Å². The number of para-hydroxylation sites is 1. The Bertz CT molecular complexity index is 1280. The Morgan fingerprint density at radius 3 is 2.21 bits per heavy atom. The number of benzene rings is 1. The molecule has 3 aromatic rings. The number of aromatic amines is 2. The molecule has 4 unspecified atom stereocenters. The molecule has 1 aromatic carbocycles. The molecule has 39 heavy (non-hydrogen) atoms. The average Bonchev–Trinajstić information content (AvgIpc) is 3.55. The maximum Gasteiger partial charge on any atom is 0.326 e. The summed E-state index contributed by atoms with van der Waals surface area (Å²) in [6.07, 6.45) is 4.81. The van der Waals surface area contributed by atoms with Crippen LogP contribution in [0.5, 0.6) is 0 Å². The normalized spacial score (nSPS) is 14.5. The maximum absolute atomic E-state index is 13.5. The fraction of sp³-hybridized carbons (Fsp3) is 0.444. The van der Waals surface area contributed by atoms with Crippen molar-refractivity contribution in [2.45, 2.75) is 64.7 Å². The van der Waals surface area contributed by atoms with E-state index in [-0.39, 0.29) is 24.7 Å². The first-order chi connectivity index (χ1) is 18.5. The smallest absolute Gasteiger partial charge is 0.326 e. The van der Waals surface area contributed by atoms with Gasteiger partial charge in [0, 0.05) is 41.8 Å². The number of hydrogen-bond donors (Lipinski definition) is 7. The number of hydrogen-bond acceptors (Lipinski definition) is 6. The SMILES string of the molecule is CC(C)C(N)C(=O)NC(Cc1c[nH]c2ccccc12)C(=O)NC(C(=O)NC(Cc1cnc[nH]1)C(=O)O)C(C)C. The summed E-state index contributed by atoms with van der Waals surface area (Å²) in [4.78, 5) is 61.2. The fourth-order valence-corrected chi connectivity index (χ4v) is 4.17. The van der Waals surface area contributed by atoms with Gasteiger partial charge in [-0.2, -0.15) is 0 Å². The first kappa shape index (κ1) is 29.4. The fourth-order valence-electron chi connectivity index (χ4n) is 4.17. The van der Waals surface area contributed by atoms with Crippen molar-refractivity contribution in [3.63, 3.8) is 0 Å². The van der Waals surface area contributed by atoms with E-state index in [2.05, 4.69) is 30.9 Å². The van der Waals surface area contributed by atoms with Gasteiger partial charge in [0.2, 0.25) is 17.7 Å². The number of amides is 3. The predicted molar refractivity (Wildman–Crippen MR) is 145 cm³/mol. The number of fused-ring (bicyclic) bond motifs is 1. The first-order valence-electron chi connectivity index (χ1n) is 12.9. The molecule has 0 saturated carbocycles. The summed E-state index contributed by atoms with van der Waals surface area (Å²) in [5.41, 5.74) is 8.26. The highest BCUT2D eigenvalue weighted by Crippen LogP contribution is 2.19. The Morgan fingerprint density at radius 2 is 1.59 bits per heavy atom. The molecule has 0 aliphatic rings. The summed E-state index contributed by atoms with van der Waals surface area (Å²) in [5, 5.41) is 18.5. The summed E-state index contributed by atoms with van der Waals surface area (Å²) in [7, 11) is 0. The second-order valence-electron chi connectivity index (χ2n) is 10.3. The Labute approximate surface area is 226 Å². The number of carbonyl (C=O) groups excluding carboxylic acids is 3. The van der Waals surface area contributed by atoms with Crippen LogP contribution in [0.15, 0.2) is 43.0 Å². The van der Waals surface area contributed by atoms with Crippen LogP contribution >= 0.6 is 0 Å². The van der Waals surface area contributed by atoms with E-state index in [0.717, 1.165) is 16.5 Å². The molecule has 0 radical (unpaired) electrons. The third-order valence-corrected chi connectivity index (χ3v) is 6.59. The second-order valence-corrected chi connectivity index (χ2v) is 10.3. The van der Waals surface area contributed by atoms with Crippen LogP contribution in [0.2, 0.25) is 0 Å². The van der Waals surface area contributed by atoms with Gasteiger partial charge < -0.3 is 36.8 Å². The summed E-state index contributed by atoms with van der Waals surface area (Å²) >= 11 is 0. The lowest BCUT2D eigenvalue weighted by atomic mass is 9.99. The lowest BCUT2D eigenvalue weighted by Crippen LogP contribution is -2.59. The molecule has 0 spiro atoms. The summed E-state index contributed by atoms with van der Waals surface area (Å²) in [6, 6.07) is 3.43. The number of nitrogens with two attached hydrogens (primary N) is 1. The highest BCUT2D eigenvalue weighted by molar-refractivity contribution is 5.95. The molecule has 3 rings (SSSR count). The van der Waals surface area contributed by atoms with Gasteiger partial charge in [0.25, 0.3) is 0 Å². The lowest BCUT2D eigenvalue weighted by Gasteiger charge is -2.27. The number of H-pyrrole nitrogens is 2. The van der Waals surface area contributed by atoms with Crippen LogP contribution in [0.25, 0.3) is 10.9 Å². The van der Waals surface area contributed by atoms with Crippen molar-refractivity contribution < 1.29 is 24.3 Å². The van der Waals surface area contributed by atoms with Crippen molar-refractivity contribution in [3.8, 4) is 0 Å². The van der Waals surface area contributed by atoms with Gasteiger partial charge in [-0.05, 0) is 23.5 Å². The number of carboxylic acid groups (broad SMARTS) is 1. The molecule has 2 aromatic heterocycles. The molecule has 8 N–H and O–H groups in total. The zero-order chi connectivity index (χ0) is 28.7. The van der Waals surface area contributed by atoms with Crippen LogP contribution < -0.4 is 21.7 Å². The summed E-state index contributed by atoms with van der Waals surface area (Å²) in [6.45, 7) is 7.08. The number of rotatable bonds is 13. The minimum absolute atomic E-state index is 0.00777. The van der Waals surface area contributed by atoms with Gasteiger partial charge in [-0.15, -0.1) is 0 Å². The van der Waals surface area contributed by atoms with Crippen LogP contribution in [-0.4, -0.2) is 67.9 Å². The van der Waals surface area contributed by atoms with Gasteiger partial charge in [0.15, 0.2) is 0 Å². The standard InChI is InChI=1S/C27H37N7O5/c1-14(2)22(28)25(36)32-20(9-16-11-30-19-8-6-5-7-18(16)19)24(35)34-23(15(3)4)26(37)33-21(27(38)39)10-17-12-29-13-31-17/h5-8,11-15,20-23,30H,9-10,28H2,1-4H3,(H,29,31)(H,32,36)(H,33,37)(H,34,35)(H,38,39). The number of imidazole rings is 1. The van der Waals surface area contributed by atoms with Crippen LogP contribution in [-0.2, 0) is 32.0 Å². The van der Waals surface area contributed by atoms with Crippen molar-refractivity contribution in [2.24, 2.45) is 17.6 Å². The summed E-state index contributed by atoms with van der Waals surface area (Å²) < 4.78 is 0. The largest absolute Gasteiger partial charge is 0.480 e. The molecule has 12 heteroatoms. The van der Waals surface area contributed by atoms with E-state index >= 15 is 0 Å². The minimum Gasteiger partial charge on any atom is -0.480 e. The van der Waals surface area contributed by atoms with Crippen LogP contribution in [0.3, 0.4) is 0 Å². The molecule has 12 nitrogen and oxygen atoms in total. The van der Waals surface area contributed by atoms with E-state index < -0.39 is 47.9 Å². The molecule has 3 amide bonds. The zero-order valence-electron chi connectivity index (χ0n) is 22.5. The maximum atomic E-state index is 13.5. The highest BCUT2D eigenvalue weighted by atomic mass is 16.4. The predicted octanol–water partition coefficient (Wildman–Crippen LogP) is 0.855. The lowest BCUT2D eigenvalue weighted by molar-refractivity contribution is -0.142. The van der Waals surface area contributed by atoms with Crippen molar-refractivity contribution in [3.05, 3.63) is 54.2 Å². The van der Waals surface area contributed by atoms with Crippen molar-refractivity contribution in [1.82, 2.24) is 30.9 Å². The monoisotopic (exact) mass is 539 g/mol. The van der Waals surface area contributed by atoms with Gasteiger partial charge in [-0.3, -0.25) is 14.4 Å². The number of nitrogens with one attached hydrogen (secondary N) is 5. The average molecular weight is 540 g/mol. The molecule has 0 saturated heterocycles. The number of nitrogens with zero attached hydrogens (tertiary/aromatic N) is 1. The van der Waals surface area contributed by atoms with Gasteiger partial charge in [0.05, 0.1) is 12.4 Å². The molecule has 4 atom stereocenters. The van der Waals surface area contributed by atoms with Crippen molar-refractivity contribution in [1.29, 1.82) is 0 Å². The van der Waals surface area contributed by atoms with Crippen LogP contribution in [0.4, 0.5) is 0 Å². The van der Waals surface area contributed by atoms with Gasteiger partial charge in [-0.1, -0.05) is 45.9 Å². The third-order valence-electron chi connectivity index (χ3n) is 6.59. The molecular weight excluding hydrogens is 502 g/mol. The first-order valence-corrected chi connectivity index (χ1v) is 12.9. The molecule has 2 heterocycles. The van der Waals surface area contributed by atoms with Gasteiger partial charge >= 0.3 is 5.97 Å². The van der Waals surface area contributed by atoms with E-state index in [4.69, 9.17) is 5.73 Å². The number of aromatic nitrogens is 3. The van der Waals surface area contributed by atoms with Crippen molar-refractivity contribution >= 4 is 34.6 Å². The van der Waals surface area contributed by atoms with Gasteiger partial charge in [-0.25, -0.2) is 9.78 Å². The van der Waals surface area contributed by atoms with Gasteiger partial charge in [0.1, 0.15) is 18.1 Å². The molecule has 0 bridgehead atoms.